The number of aryl methyl sites for hydroxylation is 1. The highest BCUT2D eigenvalue weighted by Gasteiger charge is 2.35. The van der Waals surface area contributed by atoms with E-state index in [0.29, 0.717) is 43.3 Å². The van der Waals surface area contributed by atoms with E-state index in [2.05, 4.69) is 15.5 Å². The molecule has 1 aromatic heterocycles. The van der Waals surface area contributed by atoms with Crippen molar-refractivity contribution in [1.82, 2.24) is 25.3 Å². The zero-order valence-corrected chi connectivity index (χ0v) is 18.1. The summed E-state index contributed by atoms with van der Waals surface area (Å²) in [6, 6.07) is 18.5. The van der Waals surface area contributed by atoms with Crippen LogP contribution in [0, 0.1) is 6.92 Å². The van der Waals surface area contributed by atoms with Crippen molar-refractivity contribution in [3.05, 3.63) is 83.5 Å². The average Bonchev–Trinajstić information content (AvgIpc) is 3.13. The van der Waals surface area contributed by atoms with Crippen LogP contribution in [-0.2, 0) is 6.42 Å². The van der Waals surface area contributed by atoms with Crippen molar-refractivity contribution in [2.45, 2.75) is 25.8 Å². The van der Waals surface area contributed by atoms with Crippen LogP contribution in [0.2, 0.25) is 0 Å². The monoisotopic (exact) mass is 433 g/mol. The maximum absolute atomic E-state index is 13.3. The highest BCUT2D eigenvalue weighted by atomic mass is 16.5. The molecule has 1 aliphatic heterocycles. The molecule has 1 atom stereocenters. The minimum Gasteiger partial charge on any atom is -0.338 e. The van der Waals surface area contributed by atoms with Gasteiger partial charge in [-0.2, -0.15) is 4.98 Å². The second-order valence-electron chi connectivity index (χ2n) is 7.83. The Morgan fingerprint density at radius 1 is 1.06 bits per heavy atom. The molecule has 2 heterocycles. The van der Waals surface area contributed by atoms with Gasteiger partial charge in [-0.15, -0.1) is 0 Å². The summed E-state index contributed by atoms with van der Waals surface area (Å²) in [5, 5.41) is 6.90. The maximum Gasteiger partial charge on any atom is 0.317 e. The molecule has 8 heteroatoms. The van der Waals surface area contributed by atoms with E-state index in [1.807, 2.05) is 48.5 Å². The fourth-order valence-corrected chi connectivity index (χ4v) is 3.89. The summed E-state index contributed by atoms with van der Waals surface area (Å²) in [6.45, 7) is 3.60. The van der Waals surface area contributed by atoms with Gasteiger partial charge in [-0.1, -0.05) is 53.7 Å². The van der Waals surface area contributed by atoms with Gasteiger partial charge in [-0.25, -0.2) is 4.79 Å². The van der Waals surface area contributed by atoms with Crippen LogP contribution in [0.5, 0.6) is 0 Å². The van der Waals surface area contributed by atoms with E-state index in [4.69, 9.17) is 4.52 Å². The number of hydrogen-bond acceptors (Lipinski definition) is 5. The largest absolute Gasteiger partial charge is 0.338 e. The number of nitrogens with zero attached hydrogens (tertiary/aromatic N) is 4. The van der Waals surface area contributed by atoms with E-state index in [1.165, 1.54) is 5.56 Å². The van der Waals surface area contributed by atoms with Gasteiger partial charge in [0.05, 0.1) is 6.54 Å². The van der Waals surface area contributed by atoms with Crippen LogP contribution in [0.4, 0.5) is 4.79 Å². The van der Waals surface area contributed by atoms with Gasteiger partial charge in [0.25, 0.3) is 11.8 Å². The molecule has 1 unspecified atom stereocenters. The maximum atomic E-state index is 13.3. The first-order valence-electron chi connectivity index (χ1n) is 10.8. The third kappa shape index (κ3) is 5.14. The molecule has 0 saturated carbocycles. The van der Waals surface area contributed by atoms with Crippen LogP contribution in [0.25, 0.3) is 0 Å². The molecule has 8 nitrogen and oxygen atoms in total. The number of amides is 3. The van der Waals surface area contributed by atoms with E-state index < -0.39 is 6.04 Å². The molecule has 3 amide bonds. The average molecular weight is 434 g/mol. The minimum atomic E-state index is -0.508. The number of hydrogen-bond donors (Lipinski definition) is 1. The van der Waals surface area contributed by atoms with Gasteiger partial charge < -0.3 is 19.6 Å². The van der Waals surface area contributed by atoms with Gasteiger partial charge in [0.1, 0.15) is 6.04 Å². The Bertz CT molecular complexity index is 1040. The van der Waals surface area contributed by atoms with E-state index >= 15 is 0 Å². The molecule has 0 spiro atoms. The summed E-state index contributed by atoms with van der Waals surface area (Å²) in [6.07, 6.45) is 1.42. The molecule has 2 aromatic carbocycles. The highest BCUT2D eigenvalue weighted by Crippen LogP contribution is 2.26. The van der Waals surface area contributed by atoms with Gasteiger partial charge in [-0.3, -0.25) is 4.79 Å². The van der Waals surface area contributed by atoms with E-state index in [0.717, 1.165) is 6.42 Å². The Balaban J connectivity index is 1.48. The molecule has 166 valence electrons. The van der Waals surface area contributed by atoms with Crippen LogP contribution >= 0.6 is 0 Å². The van der Waals surface area contributed by atoms with Gasteiger partial charge in [-0.05, 0) is 37.5 Å². The van der Waals surface area contributed by atoms with Crippen molar-refractivity contribution in [3.8, 4) is 0 Å². The predicted octanol–water partition coefficient (Wildman–Crippen LogP) is 3.22. The third-order valence-corrected chi connectivity index (χ3v) is 5.53. The molecule has 4 rings (SSSR count). The van der Waals surface area contributed by atoms with Crippen LogP contribution in [0.3, 0.4) is 0 Å². The minimum absolute atomic E-state index is 0.113. The molecule has 0 radical (unpaired) electrons. The first kappa shape index (κ1) is 21.5. The van der Waals surface area contributed by atoms with E-state index in [-0.39, 0.29) is 18.5 Å². The van der Waals surface area contributed by atoms with Crippen LogP contribution in [0.1, 0.15) is 40.1 Å². The lowest BCUT2D eigenvalue weighted by molar-refractivity contribution is 0.0639. The van der Waals surface area contributed by atoms with Crippen molar-refractivity contribution in [2.24, 2.45) is 0 Å². The second-order valence-corrected chi connectivity index (χ2v) is 7.83. The summed E-state index contributed by atoms with van der Waals surface area (Å²) < 4.78 is 5.43. The number of nitrogens with one attached hydrogen (secondary N) is 1. The summed E-state index contributed by atoms with van der Waals surface area (Å²) in [5.74, 6) is 0.726. The topological polar surface area (TPSA) is 91.6 Å². The Kier molecular flexibility index (Phi) is 6.79. The Morgan fingerprint density at radius 3 is 2.47 bits per heavy atom. The highest BCUT2D eigenvalue weighted by molar-refractivity contribution is 5.94. The number of aromatic nitrogens is 2. The van der Waals surface area contributed by atoms with Gasteiger partial charge in [0, 0.05) is 25.2 Å². The smallest absolute Gasteiger partial charge is 0.317 e. The summed E-state index contributed by atoms with van der Waals surface area (Å²) in [4.78, 5) is 34.0. The molecular weight excluding hydrogens is 406 g/mol. The molecular formula is C24H27N5O3. The lowest BCUT2D eigenvalue weighted by atomic mass is 10.1. The molecule has 3 aromatic rings. The molecule has 1 aliphatic rings. The standard InChI is InChI=1S/C24H27N5O3/c1-18-26-22(32-27-18)21-17-28(24(31)25-14-13-19-9-4-2-5-10-19)15-8-16-29(21)23(30)20-11-6-3-7-12-20/h2-7,9-12,21H,8,13-17H2,1H3,(H,25,31). The molecule has 0 bridgehead atoms. The van der Waals surface area contributed by atoms with Crippen molar-refractivity contribution < 1.29 is 14.1 Å². The van der Waals surface area contributed by atoms with Crippen molar-refractivity contribution in [3.63, 3.8) is 0 Å². The number of urea groups is 1. The number of carbonyl (C=O) groups excluding carboxylic acids is 2. The quantitative estimate of drug-likeness (QED) is 0.667. The van der Waals surface area contributed by atoms with Crippen molar-refractivity contribution in [2.75, 3.05) is 26.2 Å². The van der Waals surface area contributed by atoms with E-state index in [9.17, 15) is 9.59 Å². The van der Waals surface area contributed by atoms with Crippen molar-refractivity contribution >= 4 is 11.9 Å². The lowest BCUT2D eigenvalue weighted by Gasteiger charge is -2.29. The molecule has 1 N–H and O–H groups in total. The summed E-state index contributed by atoms with van der Waals surface area (Å²) in [7, 11) is 0. The summed E-state index contributed by atoms with van der Waals surface area (Å²) >= 11 is 0. The molecule has 1 saturated heterocycles. The van der Waals surface area contributed by atoms with Gasteiger partial charge in [0.15, 0.2) is 5.82 Å². The first-order valence-corrected chi connectivity index (χ1v) is 10.8. The van der Waals surface area contributed by atoms with Gasteiger partial charge >= 0.3 is 6.03 Å². The van der Waals surface area contributed by atoms with Crippen LogP contribution in [0.15, 0.2) is 65.2 Å². The van der Waals surface area contributed by atoms with Crippen molar-refractivity contribution in [1.29, 1.82) is 0 Å². The third-order valence-electron chi connectivity index (χ3n) is 5.53. The van der Waals surface area contributed by atoms with Crippen LogP contribution in [-0.4, -0.2) is 58.1 Å². The number of benzene rings is 2. The Labute approximate surface area is 187 Å². The van der Waals surface area contributed by atoms with Gasteiger partial charge in [0.2, 0.25) is 0 Å². The summed E-state index contributed by atoms with van der Waals surface area (Å²) in [5.41, 5.74) is 1.76. The fraction of sp³-hybridized carbons (Fsp3) is 0.333. The second kappa shape index (κ2) is 10.1. The zero-order chi connectivity index (χ0) is 22.3. The molecule has 32 heavy (non-hydrogen) atoms. The van der Waals surface area contributed by atoms with E-state index in [1.54, 1.807) is 28.9 Å². The fourth-order valence-electron chi connectivity index (χ4n) is 3.89. The Hall–Kier alpha value is -3.68. The SMILES string of the molecule is Cc1noc(C2CN(C(=O)NCCc3ccccc3)CCCN2C(=O)c2ccccc2)n1. The zero-order valence-electron chi connectivity index (χ0n) is 18.1. The Morgan fingerprint density at radius 2 is 1.78 bits per heavy atom. The number of carbonyl (C=O) groups is 2. The molecule has 0 aliphatic carbocycles. The van der Waals surface area contributed by atoms with Crippen LogP contribution < -0.4 is 5.32 Å². The molecule has 1 fully saturated rings. The normalized spacial score (nSPS) is 16.5. The first-order chi connectivity index (χ1) is 15.6. The number of rotatable bonds is 5. The predicted molar refractivity (Wildman–Crippen MR) is 119 cm³/mol. The lowest BCUT2D eigenvalue weighted by Crippen LogP contribution is -2.44.